The highest BCUT2D eigenvalue weighted by molar-refractivity contribution is 6.06. The zero-order valence-electron chi connectivity index (χ0n) is 11.5. The van der Waals surface area contributed by atoms with Crippen LogP contribution in [-0.2, 0) is 14.3 Å². The number of likely N-dealkylation sites (tertiary alicyclic amines) is 1. The van der Waals surface area contributed by atoms with E-state index in [2.05, 4.69) is 22.2 Å². The number of nitrogens with one attached hydrogen (secondary N) is 1. The van der Waals surface area contributed by atoms with Crippen LogP contribution in [0.1, 0.15) is 19.8 Å². The van der Waals surface area contributed by atoms with Gasteiger partial charge in [-0.05, 0) is 24.7 Å². The first-order valence-electron chi connectivity index (χ1n) is 6.98. The zero-order chi connectivity index (χ0) is 14.4. The minimum Gasteiger partial charge on any atom is -0.453 e. The summed E-state index contributed by atoms with van der Waals surface area (Å²) in [6.45, 7) is 1.82. The molecule has 1 heterocycles. The van der Waals surface area contributed by atoms with Gasteiger partial charge >= 0.3 is 6.09 Å². The average Bonchev–Trinajstić information content (AvgIpc) is 3.11. The Labute approximate surface area is 117 Å². The van der Waals surface area contributed by atoms with Gasteiger partial charge in [-0.1, -0.05) is 19.1 Å². The van der Waals surface area contributed by atoms with E-state index in [9.17, 15) is 14.4 Å². The summed E-state index contributed by atoms with van der Waals surface area (Å²) in [6.07, 6.45) is 4.23. The molecule has 6 heteroatoms. The SMILES string of the molecule is CC[C@H](NC(=O)OC)N1C(=O)[C@@H]2[C@H](C1=O)[C@H]1C=C[C@H]2C1. The van der Waals surface area contributed by atoms with Gasteiger partial charge in [0.15, 0.2) is 0 Å². The van der Waals surface area contributed by atoms with Gasteiger partial charge in [0, 0.05) is 0 Å². The minimum atomic E-state index is -0.629. The predicted octanol–water partition coefficient (Wildman–Crippen LogP) is 0.886. The van der Waals surface area contributed by atoms with Crippen molar-refractivity contribution >= 4 is 17.9 Å². The Bertz CT molecular complexity index is 471. The zero-order valence-corrected chi connectivity index (χ0v) is 11.5. The third-order valence-corrected chi connectivity index (χ3v) is 4.67. The number of amides is 3. The fourth-order valence-electron chi connectivity index (χ4n) is 3.78. The number of alkyl carbamates (subject to hydrolysis) is 1. The topological polar surface area (TPSA) is 75.7 Å². The molecule has 0 unspecified atom stereocenters. The molecule has 3 amide bonds. The summed E-state index contributed by atoms with van der Waals surface area (Å²) in [6, 6.07) is 0. The molecule has 3 rings (SSSR count). The van der Waals surface area contributed by atoms with E-state index in [1.165, 1.54) is 12.0 Å². The van der Waals surface area contributed by atoms with Gasteiger partial charge in [0.2, 0.25) is 11.8 Å². The van der Waals surface area contributed by atoms with Crippen LogP contribution in [0.5, 0.6) is 0 Å². The van der Waals surface area contributed by atoms with E-state index >= 15 is 0 Å². The van der Waals surface area contributed by atoms with Gasteiger partial charge < -0.3 is 10.1 Å². The van der Waals surface area contributed by atoms with E-state index in [1.807, 2.05) is 6.92 Å². The molecule has 0 spiro atoms. The summed E-state index contributed by atoms with van der Waals surface area (Å²) < 4.78 is 4.55. The molecule has 1 aliphatic heterocycles. The first-order chi connectivity index (χ1) is 9.58. The molecule has 108 valence electrons. The van der Waals surface area contributed by atoms with Gasteiger partial charge in [0.25, 0.3) is 0 Å². The second kappa shape index (κ2) is 4.61. The van der Waals surface area contributed by atoms with Crippen molar-refractivity contribution in [3.8, 4) is 0 Å². The summed E-state index contributed by atoms with van der Waals surface area (Å²) in [5.41, 5.74) is 0. The Morgan fingerprint density at radius 3 is 2.35 bits per heavy atom. The predicted molar refractivity (Wildman–Crippen MR) is 69.2 cm³/mol. The standard InChI is InChI=1S/C14H18N2O4/c1-3-9(15-14(19)20-2)16-12(17)10-7-4-5-8(6-7)11(10)13(16)18/h4-5,7-11H,3,6H2,1-2H3,(H,15,19)/t7-,8-,9+,10-,11+/m0/s1. The van der Waals surface area contributed by atoms with Crippen LogP contribution < -0.4 is 5.32 Å². The van der Waals surface area contributed by atoms with E-state index in [4.69, 9.17) is 0 Å². The number of hydrogen-bond donors (Lipinski definition) is 1. The summed E-state index contributed by atoms with van der Waals surface area (Å²) in [7, 11) is 1.26. The van der Waals surface area contributed by atoms with Crippen molar-refractivity contribution in [2.75, 3.05) is 7.11 Å². The van der Waals surface area contributed by atoms with Crippen molar-refractivity contribution < 1.29 is 19.1 Å². The molecule has 0 radical (unpaired) electrons. The molecule has 0 aromatic carbocycles. The maximum Gasteiger partial charge on any atom is 0.408 e. The fraction of sp³-hybridized carbons (Fsp3) is 0.643. The van der Waals surface area contributed by atoms with Crippen LogP contribution in [0.25, 0.3) is 0 Å². The lowest BCUT2D eigenvalue weighted by atomic mass is 9.85. The van der Waals surface area contributed by atoms with Gasteiger partial charge in [-0.15, -0.1) is 0 Å². The number of fused-ring (bicyclic) bond motifs is 5. The third kappa shape index (κ3) is 1.67. The van der Waals surface area contributed by atoms with Crippen LogP contribution in [0.2, 0.25) is 0 Å². The number of hydrogen-bond acceptors (Lipinski definition) is 4. The van der Waals surface area contributed by atoms with Crippen molar-refractivity contribution in [1.82, 2.24) is 10.2 Å². The molecule has 2 fully saturated rings. The Hall–Kier alpha value is -1.85. The molecule has 1 saturated heterocycles. The van der Waals surface area contributed by atoms with Gasteiger partial charge in [0.05, 0.1) is 18.9 Å². The molecule has 20 heavy (non-hydrogen) atoms. The van der Waals surface area contributed by atoms with Gasteiger partial charge in [-0.3, -0.25) is 14.5 Å². The molecule has 3 aliphatic rings. The Morgan fingerprint density at radius 1 is 1.35 bits per heavy atom. The Kier molecular flexibility index (Phi) is 3.03. The number of imide groups is 1. The molecule has 6 nitrogen and oxygen atoms in total. The van der Waals surface area contributed by atoms with Crippen molar-refractivity contribution in [2.45, 2.75) is 25.9 Å². The van der Waals surface area contributed by atoms with Crippen LogP contribution in [0, 0.1) is 23.7 Å². The van der Waals surface area contributed by atoms with Crippen molar-refractivity contribution in [2.24, 2.45) is 23.7 Å². The lowest BCUT2D eigenvalue weighted by molar-refractivity contribution is -0.144. The molecule has 1 N–H and O–H groups in total. The van der Waals surface area contributed by atoms with Crippen LogP contribution in [0.4, 0.5) is 4.79 Å². The largest absolute Gasteiger partial charge is 0.453 e. The molecule has 2 aliphatic carbocycles. The lowest BCUT2D eigenvalue weighted by Gasteiger charge is -2.27. The number of allylic oxidation sites excluding steroid dienone is 2. The second-order valence-corrected chi connectivity index (χ2v) is 5.61. The first-order valence-corrected chi connectivity index (χ1v) is 6.98. The van der Waals surface area contributed by atoms with E-state index in [-0.39, 0.29) is 35.5 Å². The molecule has 0 aromatic rings. The number of rotatable bonds is 3. The highest BCUT2D eigenvalue weighted by Gasteiger charge is 2.60. The quantitative estimate of drug-likeness (QED) is 0.614. The molecule has 2 bridgehead atoms. The average molecular weight is 278 g/mol. The van der Waals surface area contributed by atoms with Gasteiger partial charge in [0.1, 0.15) is 6.17 Å². The number of methoxy groups -OCH3 is 1. The van der Waals surface area contributed by atoms with Crippen LogP contribution in [0.3, 0.4) is 0 Å². The Balaban J connectivity index is 1.83. The molecular formula is C14H18N2O4. The summed E-state index contributed by atoms with van der Waals surface area (Å²) in [4.78, 5) is 37.7. The Morgan fingerprint density at radius 2 is 1.90 bits per heavy atom. The van der Waals surface area contributed by atoms with Crippen molar-refractivity contribution in [1.29, 1.82) is 0 Å². The maximum atomic E-state index is 12.5. The number of nitrogens with zero attached hydrogens (tertiary/aromatic N) is 1. The van der Waals surface area contributed by atoms with Gasteiger partial charge in [-0.2, -0.15) is 0 Å². The smallest absolute Gasteiger partial charge is 0.408 e. The van der Waals surface area contributed by atoms with E-state index in [0.717, 1.165) is 6.42 Å². The molecule has 1 saturated carbocycles. The highest BCUT2D eigenvalue weighted by atomic mass is 16.5. The monoisotopic (exact) mass is 278 g/mol. The normalized spacial score (nSPS) is 35.4. The lowest BCUT2D eigenvalue weighted by Crippen LogP contribution is -2.51. The third-order valence-electron chi connectivity index (χ3n) is 4.67. The van der Waals surface area contributed by atoms with E-state index in [0.29, 0.717) is 6.42 Å². The van der Waals surface area contributed by atoms with Crippen molar-refractivity contribution in [3.63, 3.8) is 0 Å². The van der Waals surface area contributed by atoms with Crippen LogP contribution in [-0.4, -0.2) is 36.1 Å². The maximum absolute atomic E-state index is 12.5. The minimum absolute atomic E-state index is 0.153. The summed E-state index contributed by atoms with van der Waals surface area (Å²) >= 11 is 0. The molecule has 0 aromatic heterocycles. The van der Waals surface area contributed by atoms with Crippen LogP contribution in [0.15, 0.2) is 12.2 Å². The second-order valence-electron chi connectivity index (χ2n) is 5.61. The highest BCUT2D eigenvalue weighted by Crippen LogP contribution is 2.52. The summed E-state index contributed by atoms with van der Waals surface area (Å²) in [5, 5.41) is 2.56. The van der Waals surface area contributed by atoms with E-state index < -0.39 is 12.3 Å². The number of carbonyl (C=O) groups is 3. The van der Waals surface area contributed by atoms with Gasteiger partial charge in [-0.25, -0.2) is 4.79 Å². The van der Waals surface area contributed by atoms with Crippen LogP contribution >= 0.6 is 0 Å². The van der Waals surface area contributed by atoms with Crippen molar-refractivity contribution in [3.05, 3.63) is 12.2 Å². The molecule has 5 atom stereocenters. The first kappa shape index (κ1) is 13.1. The summed E-state index contributed by atoms with van der Waals surface area (Å²) in [5.74, 6) is -0.402. The van der Waals surface area contributed by atoms with E-state index in [1.54, 1.807) is 0 Å². The number of ether oxygens (including phenoxy) is 1. The fourth-order valence-corrected chi connectivity index (χ4v) is 3.78. The number of carbonyl (C=O) groups excluding carboxylic acids is 3. The molecular weight excluding hydrogens is 260 g/mol.